The van der Waals surface area contributed by atoms with E-state index < -0.39 is 6.03 Å². The third-order valence-electron chi connectivity index (χ3n) is 4.79. The van der Waals surface area contributed by atoms with Crippen LogP contribution in [0.3, 0.4) is 0 Å². The highest BCUT2D eigenvalue weighted by molar-refractivity contribution is 5.91. The molecule has 0 saturated carbocycles. The number of urea groups is 1. The van der Waals surface area contributed by atoms with Crippen molar-refractivity contribution in [3.8, 4) is 5.75 Å². The van der Waals surface area contributed by atoms with E-state index >= 15 is 0 Å². The lowest BCUT2D eigenvalue weighted by Gasteiger charge is -2.21. The molecule has 0 unspecified atom stereocenters. The number of ether oxygens (including phenoxy) is 2. The molecule has 5 N–H and O–H groups in total. The molecular formula is C25H35N5O3. The molecule has 0 fully saturated rings. The Morgan fingerprint density at radius 1 is 1.21 bits per heavy atom. The van der Waals surface area contributed by atoms with Crippen LogP contribution in [-0.2, 0) is 17.8 Å². The van der Waals surface area contributed by atoms with Crippen molar-refractivity contribution in [1.82, 2.24) is 5.43 Å². The number of anilines is 1. The van der Waals surface area contributed by atoms with Crippen LogP contribution in [0.15, 0.2) is 65.5 Å². The van der Waals surface area contributed by atoms with Crippen LogP contribution >= 0.6 is 0 Å². The van der Waals surface area contributed by atoms with Gasteiger partial charge in [0.2, 0.25) is 0 Å². The van der Waals surface area contributed by atoms with E-state index in [9.17, 15) is 4.79 Å². The number of benzene rings is 2. The molecule has 0 aliphatic rings. The SMILES string of the molecule is C=N/C=C\C(=C/Cc1ccc(OCc2c(C)cccc2N(N)C(=O)NN)cc1C)OC.CC. The number of allylic oxidation sites excluding steroid dienone is 2. The van der Waals surface area contributed by atoms with Gasteiger partial charge in [-0.1, -0.05) is 32.0 Å². The number of carbonyl (C=O) groups excluding carboxylic acids is 1. The normalized spacial score (nSPS) is 10.8. The maximum absolute atomic E-state index is 11.8. The fraction of sp³-hybridized carbons (Fsp3) is 0.280. The third-order valence-corrected chi connectivity index (χ3v) is 4.79. The number of hydrogen-bond acceptors (Lipinski definition) is 6. The van der Waals surface area contributed by atoms with Crippen LogP contribution < -0.4 is 26.9 Å². The summed E-state index contributed by atoms with van der Waals surface area (Å²) in [7, 11) is 1.61. The molecule has 0 heterocycles. The molecule has 0 bridgehead atoms. The van der Waals surface area contributed by atoms with E-state index in [1.165, 1.54) is 0 Å². The Balaban J connectivity index is 0.00000265. The van der Waals surface area contributed by atoms with Gasteiger partial charge >= 0.3 is 6.03 Å². The number of hydrogen-bond donors (Lipinski definition) is 3. The molecule has 0 saturated heterocycles. The molecule has 0 aliphatic heterocycles. The Bertz CT molecular complexity index is 986. The fourth-order valence-corrected chi connectivity index (χ4v) is 2.98. The lowest BCUT2D eigenvalue weighted by Crippen LogP contribution is -2.48. The van der Waals surface area contributed by atoms with Crippen molar-refractivity contribution in [2.75, 3.05) is 12.1 Å². The van der Waals surface area contributed by atoms with Crippen molar-refractivity contribution in [2.45, 2.75) is 40.7 Å². The highest BCUT2D eigenvalue weighted by Gasteiger charge is 2.16. The van der Waals surface area contributed by atoms with E-state index in [-0.39, 0.29) is 6.61 Å². The van der Waals surface area contributed by atoms with Crippen molar-refractivity contribution in [1.29, 1.82) is 0 Å². The molecule has 0 spiro atoms. The van der Waals surface area contributed by atoms with Gasteiger partial charge in [-0.3, -0.25) is 10.4 Å². The van der Waals surface area contributed by atoms with Crippen LogP contribution in [0.25, 0.3) is 0 Å². The van der Waals surface area contributed by atoms with Crippen LogP contribution in [0.2, 0.25) is 0 Å². The number of aliphatic imine (C=N–C) groups is 1. The van der Waals surface area contributed by atoms with Crippen molar-refractivity contribution in [2.24, 2.45) is 16.7 Å². The number of nitrogens with one attached hydrogen (secondary N) is 1. The molecule has 33 heavy (non-hydrogen) atoms. The maximum Gasteiger partial charge on any atom is 0.350 e. The fourth-order valence-electron chi connectivity index (χ4n) is 2.98. The zero-order valence-corrected chi connectivity index (χ0v) is 20.1. The van der Waals surface area contributed by atoms with E-state index in [4.69, 9.17) is 21.2 Å². The Kier molecular flexibility index (Phi) is 12.0. The largest absolute Gasteiger partial charge is 0.497 e. The van der Waals surface area contributed by atoms with Crippen LogP contribution in [0.5, 0.6) is 5.75 Å². The smallest absolute Gasteiger partial charge is 0.350 e. The topological polar surface area (TPSA) is 115 Å². The second-order valence-electron chi connectivity index (χ2n) is 6.78. The first kappa shape index (κ1) is 27.4. The van der Waals surface area contributed by atoms with E-state index in [0.29, 0.717) is 23.6 Å². The van der Waals surface area contributed by atoms with Gasteiger partial charge in [0.15, 0.2) is 0 Å². The second kappa shape index (κ2) is 14.4. The summed E-state index contributed by atoms with van der Waals surface area (Å²) in [6, 6.07) is 10.8. The number of carbonyl (C=O) groups is 1. The summed E-state index contributed by atoms with van der Waals surface area (Å²) in [5, 5.41) is 0.968. The highest BCUT2D eigenvalue weighted by atomic mass is 16.5. The predicted molar refractivity (Wildman–Crippen MR) is 135 cm³/mol. The first-order valence-corrected chi connectivity index (χ1v) is 10.6. The van der Waals surface area contributed by atoms with Gasteiger partial charge < -0.3 is 9.47 Å². The summed E-state index contributed by atoms with van der Waals surface area (Å²) in [4.78, 5) is 15.5. The second-order valence-corrected chi connectivity index (χ2v) is 6.78. The molecular weight excluding hydrogens is 418 g/mol. The molecule has 0 radical (unpaired) electrons. The summed E-state index contributed by atoms with van der Waals surface area (Å²) in [5.74, 6) is 12.5. The Labute approximate surface area is 196 Å². The van der Waals surface area contributed by atoms with Crippen LogP contribution in [0.4, 0.5) is 10.5 Å². The van der Waals surface area contributed by atoms with Crippen LogP contribution in [0.1, 0.15) is 36.1 Å². The summed E-state index contributed by atoms with van der Waals surface area (Å²) in [5.41, 5.74) is 6.53. The lowest BCUT2D eigenvalue weighted by molar-refractivity contribution is 0.246. The monoisotopic (exact) mass is 453 g/mol. The van der Waals surface area contributed by atoms with Gasteiger partial charge in [-0.25, -0.2) is 21.5 Å². The molecule has 0 atom stereocenters. The van der Waals surface area contributed by atoms with E-state index in [1.54, 1.807) is 25.5 Å². The predicted octanol–water partition coefficient (Wildman–Crippen LogP) is 4.46. The standard InChI is InChI=1S/C23H29N5O3.C2H6/c1-16-6-5-7-22(28(25)23(29)27-24)21(16)15-31-20-11-9-18(17(2)14-20)8-10-19(30-4)12-13-26-3;1-2/h5-7,9-14H,3,8,15,24-25H2,1-2,4H3,(H,27,29);1-2H3/b13-12-,19-10+;. The molecule has 178 valence electrons. The molecule has 8 heteroatoms. The number of hydrazine groups is 2. The number of methoxy groups -OCH3 is 1. The van der Waals surface area contributed by atoms with E-state index in [2.05, 4.69) is 11.7 Å². The molecule has 0 aromatic heterocycles. The van der Waals surface area contributed by atoms with Crippen molar-refractivity contribution >= 4 is 18.4 Å². The molecule has 2 aromatic carbocycles. The molecule has 2 amide bonds. The Hall–Kier alpha value is -3.62. The average molecular weight is 454 g/mol. The van der Waals surface area contributed by atoms with Crippen molar-refractivity contribution in [3.05, 3.63) is 82.8 Å². The third kappa shape index (κ3) is 8.10. The van der Waals surface area contributed by atoms with Gasteiger partial charge in [0.1, 0.15) is 18.1 Å². The van der Waals surface area contributed by atoms with Gasteiger partial charge in [-0.15, -0.1) is 0 Å². The zero-order valence-electron chi connectivity index (χ0n) is 20.1. The van der Waals surface area contributed by atoms with Crippen molar-refractivity contribution < 1.29 is 14.3 Å². The number of aryl methyl sites for hydroxylation is 2. The van der Waals surface area contributed by atoms with Crippen LogP contribution in [0, 0.1) is 13.8 Å². The molecule has 0 aliphatic carbocycles. The minimum Gasteiger partial charge on any atom is -0.497 e. The van der Waals surface area contributed by atoms with Crippen molar-refractivity contribution in [3.63, 3.8) is 0 Å². The zero-order chi connectivity index (χ0) is 24.8. The first-order chi connectivity index (χ1) is 15.9. The number of nitrogens with zero attached hydrogens (tertiary/aromatic N) is 2. The summed E-state index contributed by atoms with van der Waals surface area (Å²) in [6.07, 6.45) is 6.02. The first-order valence-electron chi connectivity index (χ1n) is 10.6. The summed E-state index contributed by atoms with van der Waals surface area (Å²) >= 11 is 0. The van der Waals surface area contributed by atoms with Crippen LogP contribution in [-0.4, -0.2) is 19.9 Å². The summed E-state index contributed by atoms with van der Waals surface area (Å²) < 4.78 is 11.3. The van der Waals surface area contributed by atoms with Gasteiger partial charge in [0.25, 0.3) is 0 Å². The molecule has 2 rings (SSSR count). The number of nitrogens with two attached hydrogens (primary N) is 2. The van der Waals surface area contributed by atoms with E-state index in [0.717, 1.165) is 27.3 Å². The minimum atomic E-state index is -0.616. The highest BCUT2D eigenvalue weighted by Crippen LogP contribution is 2.25. The lowest BCUT2D eigenvalue weighted by atomic mass is 10.0. The van der Waals surface area contributed by atoms with Gasteiger partial charge in [-0.2, -0.15) is 0 Å². The quantitative estimate of drug-likeness (QED) is 0.129. The number of rotatable bonds is 9. The van der Waals surface area contributed by atoms with E-state index in [1.807, 2.05) is 69.5 Å². The number of amides is 2. The maximum atomic E-state index is 11.8. The minimum absolute atomic E-state index is 0.249. The molecule has 2 aromatic rings. The molecule has 8 nitrogen and oxygen atoms in total. The van der Waals surface area contributed by atoms with Gasteiger partial charge in [-0.05, 0) is 74.0 Å². The van der Waals surface area contributed by atoms with Gasteiger partial charge in [0.05, 0.1) is 12.8 Å². The Morgan fingerprint density at radius 2 is 1.94 bits per heavy atom. The Morgan fingerprint density at radius 3 is 2.55 bits per heavy atom. The van der Waals surface area contributed by atoms with Gasteiger partial charge in [0, 0.05) is 11.8 Å². The summed E-state index contributed by atoms with van der Waals surface area (Å²) in [6.45, 7) is 11.6. The average Bonchev–Trinajstić information content (AvgIpc) is 2.84.